The van der Waals surface area contributed by atoms with Crippen LogP contribution in [0.15, 0.2) is 22.2 Å². The zero-order chi connectivity index (χ0) is 15.4. The molecular formula is C14H16N2O3S2. The molecule has 0 aromatic carbocycles. The van der Waals surface area contributed by atoms with E-state index in [9.17, 15) is 9.59 Å². The van der Waals surface area contributed by atoms with Gasteiger partial charge in [0.25, 0.3) is 5.91 Å². The number of hydrogen-bond acceptors (Lipinski definition) is 6. The van der Waals surface area contributed by atoms with Gasteiger partial charge in [-0.25, -0.2) is 4.98 Å². The molecule has 0 aliphatic rings. The Morgan fingerprint density at radius 1 is 1.38 bits per heavy atom. The van der Waals surface area contributed by atoms with Crippen LogP contribution in [0.4, 0.5) is 0 Å². The highest BCUT2D eigenvalue weighted by Crippen LogP contribution is 2.25. The molecule has 7 heteroatoms. The minimum absolute atomic E-state index is 0.0751. The van der Waals surface area contributed by atoms with E-state index >= 15 is 0 Å². The van der Waals surface area contributed by atoms with Crippen molar-refractivity contribution in [2.75, 3.05) is 14.1 Å². The highest BCUT2D eigenvalue weighted by molar-refractivity contribution is 7.14. The van der Waals surface area contributed by atoms with Crippen LogP contribution >= 0.6 is 22.7 Å². The van der Waals surface area contributed by atoms with E-state index in [4.69, 9.17) is 4.74 Å². The topological polar surface area (TPSA) is 59.5 Å². The maximum atomic E-state index is 11.8. The number of carbonyl (C=O) groups is 2. The fourth-order valence-electron chi connectivity index (χ4n) is 1.71. The van der Waals surface area contributed by atoms with Gasteiger partial charge in [-0.05, 0) is 18.4 Å². The summed E-state index contributed by atoms with van der Waals surface area (Å²) in [7, 11) is 3.25. The lowest BCUT2D eigenvalue weighted by Gasteiger charge is -2.16. The lowest BCUT2D eigenvalue weighted by Crippen LogP contribution is -2.35. The van der Waals surface area contributed by atoms with Gasteiger partial charge in [0.1, 0.15) is 5.01 Å². The fourth-order valence-corrected chi connectivity index (χ4v) is 3.24. The van der Waals surface area contributed by atoms with Crippen molar-refractivity contribution in [1.82, 2.24) is 9.88 Å². The first-order valence-corrected chi connectivity index (χ1v) is 8.17. The van der Waals surface area contributed by atoms with E-state index in [2.05, 4.69) is 4.98 Å². The third kappa shape index (κ3) is 4.12. The van der Waals surface area contributed by atoms with Crippen LogP contribution in [0, 0.1) is 0 Å². The van der Waals surface area contributed by atoms with E-state index in [-0.39, 0.29) is 12.3 Å². The Morgan fingerprint density at radius 2 is 2.14 bits per heavy atom. The molecule has 112 valence electrons. The molecule has 1 amide bonds. The van der Waals surface area contributed by atoms with Crippen molar-refractivity contribution in [3.63, 3.8) is 0 Å². The molecule has 0 radical (unpaired) electrons. The highest BCUT2D eigenvalue weighted by Gasteiger charge is 2.20. The minimum atomic E-state index is -0.775. The predicted octanol–water partition coefficient (Wildman–Crippen LogP) is 2.43. The number of ether oxygens (including phenoxy) is 1. The normalized spacial score (nSPS) is 12.0. The van der Waals surface area contributed by atoms with E-state index < -0.39 is 12.1 Å². The van der Waals surface area contributed by atoms with Gasteiger partial charge in [0.2, 0.25) is 0 Å². The number of nitrogens with zero attached hydrogens (tertiary/aromatic N) is 2. The Bertz CT molecular complexity index is 620. The fraction of sp³-hybridized carbons (Fsp3) is 0.357. The Hall–Kier alpha value is -1.73. The number of esters is 1. The molecule has 5 nitrogen and oxygen atoms in total. The van der Waals surface area contributed by atoms with E-state index in [0.717, 1.165) is 10.6 Å². The molecular weight excluding hydrogens is 308 g/mol. The summed E-state index contributed by atoms with van der Waals surface area (Å²) in [5, 5.41) is 6.72. The number of amides is 1. The summed E-state index contributed by atoms with van der Waals surface area (Å²) in [6, 6.07) is 1.99. The van der Waals surface area contributed by atoms with E-state index in [1.54, 1.807) is 32.4 Å². The number of thiophene rings is 1. The molecule has 0 saturated carbocycles. The van der Waals surface area contributed by atoms with Crippen molar-refractivity contribution in [1.29, 1.82) is 0 Å². The number of thiazole rings is 1. The van der Waals surface area contributed by atoms with Crippen LogP contribution in [0.2, 0.25) is 0 Å². The molecule has 0 bridgehead atoms. The van der Waals surface area contributed by atoms with Crippen molar-refractivity contribution >= 4 is 34.6 Å². The van der Waals surface area contributed by atoms with Crippen LogP contribution in [0.5, 0.6) is 0 Å². The largest absolute Gasteiger partial charge is 0.452 e. The number of hydrogen-bond donors (Lipinski definition) is 0. The molecule has 1 atom stereocenters. The first-order valence-electron chi connectivity index (χ1n) is 6.35. The first-order chi connectivity index (χ1) is 9.97. The van der Waals surface area contributed by atoms with Crippen LogP contribution in [0.25, 0.3) is 10.6 Å². The third-order valence-electron chi connectivity index (χ3n) is 2.74. The van der Waals surface area contributed by atoms with Gasteiger partial charge in [0.15, 0.2) is 6.10 Å². The Balaban J connectivity index is 1.93. The summed E-state index contributed by atoms with van der Waals surface area (Å²) >= 11 is 3.10. The molecule has 0 aliphatic carbocycles. The van der Waals surface area contributed by atoms with E-state index in [1.807, 2.05) is 22.2 Å². The first kappa shape index (κ1) is 15.7. The lowest BCUT2D eigenvalue weighted by atomic mass is 10.3. The van der Waals surface area contributed by atoms with Crippen LogP contribution in [0.1, 0.15) is 12.6 Å². The van der Waals surface area contributed by atoms with Gasteiger partial charge in [-0.3, -0.25) is 9.59 Å². The molecule has 2 aromatic heterocycles. The number of carbonyl (C=O) groups excluding carboxylic acids is 2. The molecule has 0 unspecified atom stereocenters. The summed E-state index contributed by atoms with van der Waals surface area (Å²) < 4.78 is 5.11. The third-order valence-corrected chi connectivity index (χ3v) is 4.37. The van der Waals surface area contributed by atoms with Crippen LogP contribution in [0.3, 0.4) is 0 Å². The van der Waals surface area contributed by atoms with Crippen molar-refractivity contribution in [3.05, 3.63) is 27.9 Å². The van der Waals surface area contributed by atoms with Gasteiger partial charge in [0.05, 0.1) is 12.1 Å². The van der Waals surface area contributed by atoms with Crippen molar-refractivity contribution < 1.29 is 14.3 Å². The molecule has 2 aromatic rings. The number of aromatic nitrogens is 1. The minimum Gasteiger partial charge on any atom is -0.452 e. The van der Waals surface area contributed by atoms with Gasteiger partial charge in [-0.15, -0.1) is 11.3 Å². The number of likely N-dealkylation sites (N-methyl/N-ethyl adjacent to an activating group) is 1. The second-order valence-electron chi connectivity index (χ2n) is 4.70. The highest BCUT2D eigenvalue weighted by atomic mass is 32.1. The van der Waals surface area contributed by atoms with Gasteiger partial charge >= 0.3 is 5.97 Å². The average Bonchev–Trinajstić information content (AvgIpc) is 3.07. The Morgan fingerprint density at radius 3 is 2.76 bits per heavy atom. The summed E-state index contributed by atoms with van der Waals surface area (Å²) in [5.41, 5.74) is 1.72. The Labute approximate surface area is 131 Å². The second kappa shape index (κ2) is 6.82. The van der Waals surface area contributed by atoms with E-state index in [0.29, 0.717) is 5.69 Å². The Kier molecular flexibility index (Phi) is 5.08. The molecule has 0 spiro atoms. The maximum Gasteiger partial charge on any atom is 0.312 e. The molecule has 21 heavy (non-hydrogen) atoms. The SMILES string of the molecule is C[C@H](OC(=O)Cc1csc(-c2ccsc2)n1)C(=O)N(C)C. The number of rotatable bonds is 5. The summed E-state index contributed by atoms with van der Waals surface area (Å²) in [6.07, 6.45) is -0.700. The predicted molar refractivity (Wildman–Crippen MR) is 83.4 cm³/mol. The smallest absolute Gasteiger partial charge is 0.312 e. The monoisotopic (exact) mass is 324 g/mol. The summed E-state index contributed by atoms with van der Waals surface area (Å²) in [6.45, 7) is 1.57. The lowest BCUT2D eigenvalue weighted by molar-refractivity contribution is -0.157. The zero-order valence-corrected chi connectivity index (χ0v) is 13.7. The molecule has 0 fully saturated rings. The standard InChI is InChI=1S/C14H16N2O3S2/c1-9(14(18)16(2)3)19-12(17)6-11-8-21-13(15-11)10-4-5-20-7-10/h4-5,7-9H,6H2,1-3H3/t9-/m0/s1. The maximum absolute atomic E-state index is 11.8. The van der Waals surface area contributed by atoms with Gasteiger partial charge < -0.3 is 9.64 Å². The van der Waals surface area contributed by atoms with Gasteiger partial charge in [-0.1, -0.05) is 0 Å². The summed E-state index contributed by atoms with van der Waals surface area (Å²) in [5.74, 6) is -0.680. The molecule has 2 rings (SSSR count). The zero-order valence-electron chi connectivity index (χ0n) is 12.0. The van der Waals surface area contributed by atoms with Crippen LogP contribution in [-0.2, 0) is 20.7 Å². The van der Waals surface area contributed by atoms with Crippen molar-refractivity contribution in [2.24, 2.45) is 0 Å². The van der Waals surface area contributed by atoms with E-state index in [1.165, 1.54) is 16.2 Å². The van der Waals surface area contributed by atoms with Crippen molar-refractivity contribution in [3.8, 4) is 10.6 Å². The quantitative estimate of drug-likeness (QED) is 0.793. The second-order valence-corrected chi connectivity index (χ2v) is 6.34. The summed E-state index contributed by atoms with van der Waals surface area (Å²) in [4.78, 5) is 29.3. The molecule has 0 aliphatic heterocycles. The molecule has 0 saturated heterocycles. The van der Waals surface area contributed by atoms with Crippen LogP contribution in [-0.4, -0.2) is 42.0 Å². The molecule has 2 heterocycles. The van der Waals surface area contributed by atoms with Gasteiger partial charge in [0, 0.05) is 30.4 Å². The van der Waals surface area contributed by atoms with Crippen molar-refractivity contribution in [2.45, 2.75) is 19.4 Å². The van der Waals surface area contributed by atoms with Crippen LogP contribution < -0.4 is 0 Å². The van der Waals surface area contributed by atoms with Gasteiger partial charge in [-0.2, -0.15) is 11.3 Å². The molecule has 0 N–H and O–H groups in total. The average molecular weight is 324 g/mol.